The minimum absolute atomic E-state index is 0.121. The average Bonchev–Trinajstić information content (AvgIpc) is 2.24. The van der Waals surface area contributed by atoms with Gasteiger partial charge in [0.1, 0.15) is 11.9 Å². The van der Waals surface area contributed by atoms with Gasteiger partial charge in [0.05, 0.1) is 18.9 Å². The average molecular weight is 224 g/mol. The number of amides is 1. The summed E-state index contributed by atoms with van der Waals surface area (Å²) in [4.78, 5) is 13.6. The van der Waals surface area contributed by atoms with Gasteiger partial charge < -0.3 is 26.4 Å². The molecule has 0 aromatic rings. The number of ether oxygens (including phenoxy) is 1. The lowest BCUT2D eigenvalue weighted by Gasteiger charge is -2.40. The fraction of sp³-hybridized carbons (Fsp3) is 0.500. The van der Waals surface area contributed by atoms with Crippen molar-refractivity contribution in [2.75, 3.05) is 19.8 Å². The number of carbonyl (C=O) groups excluding carboxylic acids is 1. The summed E-state index contributed by atoms with van der Waals surface area (Å²) in [6, 6.07) is -0.299. The highest BCUT2D eigenvalue weighted by atomic mass is 16.5. The molecule has 0 aromatic heterocycles. The van der Waals surface area contributed by atoms with E-state index in [-0.39, 0.29) is 11.9 Å². The van der Waals surface area contributed by atoms with Crippen molar-refractivity contribution in [1.82, 2.24) is 10.2 Å². The topological polar surface area (TPSA) is 93.6 Å². The molecule has 0 spiro atoms. The molecule has 0 aromatic carbocycles. The van der Waals surface area contributed by atoms with E-state index in [2.05, 4.69) is 5.32 Å². The molecule has 88 valence electrons. The highest BCUT2D eigenvalue weighted by molar-refractivity contribution is 5.85. The Hall–Kier alpha value is -1.69. The van der Waals surface area contributed by atoms with E-state index in [4.69, 9.17) is 16.2 Å². The molecule has 2 aliphatic rings. The number of nitrogens with two attached hydrogens (primary N) is 2. The molecule has 1 saturated heterocycles. The molecule has 1 amide bonds. The van der Waals surface area contributed by atoms with Gasteiger partial charge in [0.2, 0.25) is 0 Å². The summed E-state index contributed by atoms with van der Waals surface area (Å²) < 4.78 is 5.28. The number of fused-ring (bicyclic) bond motifs is 1. The van der Waals surface area contributed by atoms with Crippen LogP contribution in [0.25, 0.3) is 0 Å². The minimum atomic E-state index is -0.299. The standard InChI is InChI=1S/C10H16N4O2/c1-6(11)4-7-9(12)13-10(15)8-5-16-3-2-14(7)8/h4,8H,2-3,5,11-12H2,1H3,(H,13,15)/b6-4-. The number of rotatable bonds is 1. The Bertz CT molecular complexity index is 371. The normalized spacial score (nSPS) is 26.6. The van der Waals surface area contributed by atoms with E-state index in [0.29, 0.717) is 31.3 Å². The molecule has 2 heterocycles. The van der Waals surface area contributed by atoms with Gasteiger partial charge in [-0.15, -0.1) is 0 Å². The Morgan fingerprint density at radius 2 is 2.44 bits per heavy atom. The smallest absolute Gasteiger partial charge is 0.250 e. The second kappa shape index (κ2) is 4.05. The molecule has 1 fully saturated rings. The van der Waals surface area contributed by atoms with Crippen molar-refractivity contribution in [2.45, 2.75) is 13.0 Å². The van der Waals surface area contributed by atoms with Crippen LogP contribution in [0.2, 0.25) is 0 Å². The molecule has 5 N–H and O–H groups in total. The van der Waals surface area contributed by atoms with Crippen LogP contribution >= 0.6 is 0 Å². The van der Waals surface area contributed by atoms with Crippen molar-refractivity contribution in [3.63, 3.8) is 0 Å². The molecule has 0 saturated carbocycles. The number of morpholine rings is 1. The third-order valence-electron chi connectivity index (χ3n) is 2.64. The monoisotopic (exact) mass is 224 g/mol. The van der Waals surface area contributed by atoms with Crippen LogP contribution in [0.5, 0.6) is 0 Å². The van der Waals surface area contributed by atoms with E-state index >= 15 is 0 Å². The first-order valence-corrected chi connectivity index (χ1v) is 5.18. The first kappa shape index (κ1) is 10.8. The van der Waals surface area contributed by atoms with Gasteiger partial charge in [-0.25, -0.2) is 0 Å². The molecular formula is C10H16N4O2. The number of nitrogens with zero attached hydrogens (tertiary/aromatic N) is 1. The summed E-state index contributed by atoms with van der Waals surface area (Å²) in [5, 5.41) is 2.63. The van der Waals surface area contributed by atoms with Gasteiger partial charge >= 0.3 is 0 Å². The molecule has 0 bridgehead atoms. The first-order valence-electron chi connectivity index (χ1n) is 5.18. The highest BCUT2D eigenvalue weighted by Crippen LogP contribution is 2.21. The lowest BCUT2D eigenvalue weighted by atomic mass is 10.1. The van der Waals surface area contributed by atoms with E-state index in [1.54, 1.807) is 13.0 Å². The van der Waals surface area contributed by atoms with Crippen molar-refractivity contribution in [2.24, 2.45) is 11.5 Å². The maximum Gasteiger partial charge on any atom is 0.250 e. The van der Waals surface area contributed by atoms with E-state index in [9.17, 15) is 4.79 Å². The molecule has 16 heavy (non-hydrogen) atoms. The quantitative estimate of drug-likeness (QED) is 0.520. The molecule has 2 aliphatic heterocycles. The van der Waals surface area contributed by atoms with Crippen LogP contribution < -0.4 is 16.8 Å². The van der Waals surface area contributed by atoms with Crippen LogP contribution in [-0.4, -0.2) is 36.6 Å². The van der Waals surface area contributed by atoms with Crippen molar-refractivity contribution >= 4 is 5.91 Å². The van der Waals surface area contributed by atoms with Crippen molar-refractivity contribution in [1.29, 1.82) is 0 Å². The summed E-state index contributed by atoms with van der Waals surface area (Å²) in [7, 11) is 0. The van der Waals surface area contributed by atoms with Crippen LogP contribution in [0.15, 0.2) is 23.3 Å². The lowest BCUT2D eigenvalue weighted by Crippen LogP contribution is -2.58. The van der Waals surface area contributed by atoms with Gasteiger partial charge in [-0.3, -0.25) is 4.79 Å². The molecule has 2 rings (SSSR count). The Morgan fingerprint density at radius 1 is 1.69 bits per heavy atom. The van der Waals surface area contributed by atoms with Crippen LogP contribution in [0.3, 0.4) is 0 Å². The number of hydrogen-bond acceptors (Lipinski definition) is 5. The van der Waals surface area contributed by atoms with E-state index in [0.717, 1.165) is 5.70 Å². The summed E-state index contributed by atoms with van der Waals surface area (Å²) in [5.74, 6) is 0.233. The Balaban J connectivity index is 2.35. The first-order chi connectivity index (χ1) is 7.59. The SMILES string of the molecule is C/C(N)=C/C1=C(N)NC(=O)C2COCCN12. The zero-order valence-electron chi connectivity index (χ0n) is 9.19. The van der Waals surface area contributed by atoms with Crippen LogP contribution in [0.4, 0.5) is 0 Å². The van der Waals surface area contributed by atoms with Crippen molar-refractivity contribution < 1.29 is 9.53 Å². The Morgan fingerprint density at radius 3 is 3.12 bits per heavy atom. The summed E-state index contributed by atoms with van der Waals surface area (Å²) >= 11 is 0. The zero-order valence-corrected chi connectivity index (χ0v) is 9.19. The van der Waals surface area contributed by atoms with Crippen molar-refractivity contribution in [3.05, 3.63) is 23.3 Å². The molecular weight excluding hydrogens is 208 g/mol. The largest absolute Gasteiger partial charge is 0.402 e. The zero-order chi connectivity index (χ0) is 11.7. The van der Waals surface area contributed by atoms with Gasteiger partial charge in [0.25, 0.3) is 5.91 Å². The van der Waals surface area contributed by atoms with Gasteiger partial charge in [0.15, 0.2) is 0 Å². The molecule has 0 aliphatic carbocycles. The number of allylic oxidation sites excluding steroid dienone is 2. The molecule has 1 atom stereocenters. The third kappa shape index (κ3) is 1.83. The minimum Gasteiger partial charge on any atom is -0.402 e. The maximum absolute atomic E-state index is 11.7. The van der Waals surface area contributed by atoms with Crippen LogP contribution in [0, 0.1) is 0 Å². The summed E-state index contributed by atoms with van der Waals surface area (Å²) in [5.41, 5.74) is 12.9. The van der Waals surface area contributed by atoms with Gasteiger partial charge in [-0.05, 0) is 13.0 Å². The summed E-state index contributed by atoms with van der Waals surface area (Å²) in [6.45, 7) is 3.42. The summed E-state index contributed by atoms with van der Waals surface area (Å²) in [6.07, 6.45) is 1.77. The predicted octanol–water partition coefficient (Wildman–Crippen LogP) is -1.19. The predicted molar refractivity (Wildman–Crippen MR) is 58.6 cm³/mol. The molecule has 6 heteroatoms. The third-order valence-corrected chi connectivity index (χ3v) is 2.64. The van der Waals surface area contributed by atoms with E-state index in [1.807, 2.05) is 4.90 Å². The van der Waals surface area contributed by atoms with E-state index in [1.165, 1.54) is 0 Å². The second-order valence-electron chi connectivity index (χ2n) is 3.96. The fourth-order valence-electron chi connectivity index (χ4n) is 1.92. The van der Waals surface area contributed by atoms with E-state index < -0.39 is 0 Å². The van der Waals surface area contributed by atoms with Crippen molar-refractivity contribution in [3.8, 4) is 0 Å². The molecule has 0 radical (unpaired) electrons. The maximum atomic E-state index is 11.7. The van der Waals surface area contributed by atoms with Crippen LogP contribution in [0.1, 0.15) is 6.92 Å². The number of carbonyl (C=O) groups is 1. The fourth-order valence-corrected chi connectivity index (χ4v) is 1.92. The number of nitrogens with one attached hydrogen (secondary N) is 1. The van der Waals surface area contributed by atoms with Gasteiger partial charge in [-0.1, -0.05) is 0 Å². The van der Waals surface area contributed by atoms with Gasteiger partial charge in [0, 0.05) is 12.2 Å². The highest BCUT2D eigenvalue weighted by Gasteiger charge is 2.35. The molecule has 6 nitrogen and oxygen atoms in total. The lowest BCUT2D eigenvalue weighted by molar-refractivity contribution is -0.131. The van der Waals surface area contributed by atoms with Gasteiger partial charge in [-0.2, -0.15) is 0 Å². The molecule has 1 unspecified atom stereocenters. The van der Waals surface area contributed by atoms with Crippen LogP contribution in [-0.2, 0) is 9.53 Å². The number of hydrogen-bond donors (Lipinski definition) is 3. The Labute approximate surface area is 93.9 Å². The second-order valence-corrected chi connectivity index (χ2v) is 3.96. The Kier molecular flexibility index (Phi) is 2.74.